The molecule has 0 radical (unpaired) electrons. The van der Waals surface area contributed by atoms with Crippen LogP contribution in [0.5, 0.6) is 0 Å². The molecule has 1 N–H and O–H groups in total. The quantitative estimate of drug-likeness (QED) is 0.817. The second kappa shape index (κ2) is 7.75. The Morgan fingerprint density at radius 3 is 2.86 bits per heavy atom. The number of thiazole rings is 1. The van der Waals surface area contributed by atoms with Crippen LogP contribution in [0.25, 0.3) is 0 Å². The monoisotopic (exact) mass is 311 g/mol. The van der Waals surface area contributed by atoms with Crippen molar-refractivity contribution in [1.29, 1.82) is 0 Å². The van der Waals surface area contributed by atoms with Gasteiger partial charge >= 0.3 is 5.97 Å². The van der Waals surface area contributed by atoms with E-state index in [1.54, 1.807) is 11.3 Å². The van der Waals surface area contributed by atoms with Crippen LogP contribution in [0.3, 0.4) is 0 Å². The van der Waals surface area contributed by atoms with E-state index < -0.39 is 0 Å². The maximum absolute atomic E-state index is 11.4. The van der Waals surface area contributed by atoms with Crippen LogP contribution in [0.4, 0.5) is 5.13 Å². The molecule has 2 rings (SSSR count). The summed E-state index contributed by atoms with van der Waals surface area (Å²) in [6, 6.07) is 1.06. The first kappa shape index (κ1) is 16.2. The molecule has 0 aromatic carbocycles. The minimum atomic E-state index is -0.154. The van der Waals surface area contributed by atoms with Gasteiger partial charge in [-0.3, -0.25) is 10.2 Å². The zero-order valence-electron chi connectivity index (χ0n) is 13.1. The molecule has 6 heteroatoms. The van der Waals surface area contributed by atoms with Gasteiger partial charge in [-0.1, -0.05) is 6.42 Å². The van der Waals surface area contributed by atoms with Crippen molar-refractivity contribution < 1.29 is 9.53 Å². The molecule has 2 heterocycles. The van der Waals surface area contributed by atoms with Gasteiger partial charge in [0.25, 0.3) is 0 Å². The smallest absolute Gasteiger partial charge is 0.306 e. The molecular weight excluding hydrogens is 286 g/mol. The molecule has 1 aliphatic rings. The summed E-state index contributed by atoms with van der Waals surface area (Å²) in [6.07, 6.45) is 4.77. The number of aryl methyl sites for hydroxylation is 1. The van der Waals surface area contributed by atoms with Gasteiger partial charge in [-0.05, 0) is 33.6 Å². The van der Waals surface area contributed by atoms with E-state index in [4.69, 9.17) is 4.74 Å². The van der Waals surface area contributed by atoms with Crippen LogP contribution in [0.2, 0.25) is 0 Å². The van der Waals surface area contributed by atoms with Crippen molar-refractivity contribution in [2.24, 2.45) is 0 Å². The summed E-state index contributed by atoms with van der Waals surface area (Å²) in [5.74, 6) is -0.154. The van der Waals surface area contributed by atoms with Gasteiger partial charge in [0.15, 0.2) is 5.13 Å². The van der Waals surface area contributed by atoms with E-state index in [0.717, 1.165) is 10.8 Å². The van der Waals surface area contributed by atoms with Crippen LogP contribution in [-0.4, -0.2) is 34.7 Å². The fourth-order valence-electron chi connectivity index (χ4n) is 2.69. The van der Waals surface area contributed by atoms with Crippen molar-refractivity contribution in [2.45, 2.75) is 65.0 Å². The van der Waals surface area contributed by atoms with Crippen molar-refractivity contribution in [2.75, 3.05) is 12.0 Å². The standard InChI is InChI=1S/C15H25N3O2S/c1-4-20-14(19)9-8-13-10-21-15(16-13)17-18-11(2)6-5-7-12(18)3/h10-12H,4-9H2,1-3H3,(H,16,17). The lowest BCUT2D eigenvalue weighted by atomic mass is 10.00. The van der Waals surface area contributed by atoms with Crippen LogP contribution in [-0.2, 0) is 16.0 Å². The maximum Gasteiger partial charge on any atom is 0.306 e. The molecule has 5 nitrogen and oxygen atoms in total. The molecule has 0 aliphatic carbocycles. The number of hydrogen-bond donors (Lipinski definition) is 1. The topological polar surface area (TPSA) is 54.5 Å². The SMILES string of the molecule is CCOC(=O)CCc1csc(NN2C(C)CCCC2C)n1. The van der Waals surface area contributed by atoms with Gasteiger partial charge < -0.3 is 4.74 Å². The first-order valence-electron chi connectivity index (χ1n) is 7.75. The lowest BCUT2D eigenvalue weighted by Crippen LogP contribution is -2.47. The molecule has 1 aliphatic heterocycles. The number of hydrogen-bond acceptors (Lipinski definition) is 6. The summed E-state index contributed by atoms with van der Waals surface area (Å²) in [5, 5.41) is 5.23. The van der Waals surface area contributed by atoms with E-state index in [1.807, 2.05) is 12.3 Å². The summed E-state index contributed by atoms with van der Waals surface area (Å²) in [4.78, 5) is 15.9. The molecule has 0 bridgehead atoms. The molecular formula is C15H25N3O2S. The number of nitrogens with zero attached hydrogens (tertiary/aromatic N) is 2. The van der Waals surface area contributed by atoms with E-state index in [0.29, 0.717) is 31.5 Å². The summed E-state index contributed by atoms with van der Waals surface area (Å²) in [5.41, 5.74) is 4.39. The fourth-order valence-corrected chi connectivity index (χ4v) is 3.43. The molecule has 1 saturated heterocycles. The Labute approximate surface area is 130 Å². The zero-order chi connectivity index (χ0) is 15.2. The number of anilines is 1. The van der Waals surface area contributed by atoms with E-state index in [2.05, 4.69) is 29.3 Å². The van der Waals surface area contributed by atoms with Crippen molar-refractivity contribution in [3.63, 3.8) is 0 Å². The molecule has 0 spiro atoms. The number of ether oxygens (including phenoxy) is 1. The molecule has 1 fully saturated rings. The van der Waals surface area contributed by atoms with Crippen molar-refractivity contribution in [3.8, 4) is 0 Å². The highest BCUT2D eigenvalue weighted by molar-refractivity contribution is 7.13. The maximum atomic E-state index is 11.4. The molecule has 0 amide bonds. The van der Waals surface area contributed by atoms with Gasteiger partial charge in [0.2, 0.25) is 0 Å². The number of hydrazine groups is 1. The third kappa shape index (κ3) is 4.68. The predicted molar refractivity (Wildman–Crippen MR) is 85.3 cm³/mol. The number of carbonyl (C=O) groups excluding carboxylic acids is 1. The molecule has 1 aromatic heterocycles. The van der Waals surface area contributed by atoms with E-state index >= 15 is 0 Å². The number of esters is 1. The van der Waals surface area contributed by atoms with Gasteiger partial charge in [0, 0.05) is 23.9 Å². The van der Waals surface area contributed by atoms with Gasteiger partial charge in [0.1, 0.15) is 0 Å². The largest absolute Gasteiger partial charge is 0.466 e. The van der Waals surface area contributed by atoms with Crippen LogP contribution >= 0.6 is 11.3 Å². The van der Waals surface area contributed by atoms with Crippen LogP contribution in [0, 0.1) is 0 Å². The minimum Gasteiger partial charge on any atom is -0.466 e. The Morgan fingerprint density at radius 2 is 2.19 bits per heavy atom. The summed E-state index contributed by atoms with van der Waals surface area (Å²) in [7, 11) is 0. The Hall–Kier alpha value is -1.14. The van der Waals surface area contributed by atoms with E-state index in [-0.39, 0.29) is 5.97 Å². The molecule has 2 atom stereocenters. The van der Waals surface area contributed by atoms with Crippen molar-refractivity contribution >= 4 is 22.4 Å². The third-order valence-corrected chi connectivity index (χ3v) is 4.66. The highest BCUT2D eigenvalue weighted by Crippen LogP contribution is 2.25. The number of nitrogens with one attached hydrogen (secondary N) is 1. The molecule has 21 heavy (non-hydrogen) atoms. The van der Waals surface area contributed by atoms with Crippen LogP contribution in [0.15, 0.2) is 5.38 Å². The Balaban J connectivity index is 1.86. The highest BCUT2D eigenvalue weighted by atomic mass is 32.1. The van der Waals surface area contributed by atoms with E-state index in [1.165, 1.54) is 19.3 Å². The summed E-state index contributed by atoms with van der Waals surface area (Å²) in [6.45, 7) is 6.76. The molecule has 1 aromatic rings. The number of piperidine rings is 1. The lowest BCUT2D eigenvalue weighted by molar-refractivity contribution is -0.143. The molecule has 2 unspecified atom stereocenters. The second-order valence-electron chi connectivity index (χ2n) is 5.60. The van der Waals surface area contributed by atoms with E-state index in [9.17, 15) is 4.79 Å². The zero-order valence-corrected chi connectivity index (χ0v) is 13.9. The first-order valence-corrected chi connectivity index (χ1v) is 8.63. The number of carbonyl (C=O) groups is 1. The lowest BCUT2D eigenvalue weighted by Gasteiger charge is -2.38. The highest BCUT2D eigenvalue weighted by Gasteiger charge is 2.25. The first-order chi connectivity index (χ1) is 10.1. The Bertz CT molecular complexity index is 454. The molecule has 118 valence electrons. The molecule has 0 saturated carbocycles. The fraction of sp³-hybridized carbons (Fsp3) is 0.733. The van der Waals surface area contributed by atoms with Crippen molar-refractivity contribution in [1.82, 2.24) is 9.99 Å². The Kier molecular flexibility index (Phi) is 5.99. The average Bonchev–Trinajstić information content (AvgIpc) is 2.89. The predicted octanol–water partition coefficient (Wildman–Crippen LogP) is 3.23. The van der Waals surface area contributed by atoms with Gasteiger partial charge in [-0.2, -0.15) is 0 Å². The minimum absolute atomic E-state index is 0.154. The van der Waals surface area contributed by atoms with Gasteiger partial charge in [-0.25, -0.2) is 9.99 Å². The van der Waals surface area contributed by atoms with Gasteiger partial charge in [-0.15, -0.1) is 11.3 Å². The van der Waals surface area contributed by atoms with Gasteiger partial charge in [0.05, 0.1) is 18.7 Å². The normalized spacial score (nSPS) is 23.0. The summed E-state index contributed by atoms with van der Waals surface area (Å²) < 4.78 is 4.93. The van der Waals surface area contributed by atoms with Crippen LogP contribution in [0.1, 0.15) is 52.1 Å². The number of aromatic nitrogens is 1. The van der Waals surface area contributed by atoms with Crippen molar-refractivity contribution in [3.05, 3.63) is 11.1 Å². The number of rotatable bonds is 6. The average molecular weight is 311 g/mol. The Morgan fingerprint density at radius 1 is 1.48 bits per heavy atom. The second-order valence-corrected chi connectivity index (χ2v) is 6.46. The third-order valence-electron chi connectivity index (χ3n) is 3.86. The van der Waals surface area contributed by atoms with Crippen LogP contribution < -0.4 is 5.43 Å². The summed E-state index contributed by atoms with van der Waals surface area (Å²) >= 11 is 1.60.